The van der Waals surface area contributed by atoms with Gasteiger partial charge in [0.2, 0.25) is 0 Å². The standard InChI is InChI=1S/C11H20N2O5/c1-17-8-4-3-7(5-8)13-11(16)12-6-9(18-2)10(14)15/h7-9H,3-6H2,1-2H3,(H,14,15)(H2,12,13,16). The lowest BCUT2D eigenvalue weighted by molar-refractivity contribution is -0.147. The molecule has 0 saturated heterocycles. The third-order valence-corrected chi connectivity index (χ3v) is 3.06. The minimum Gasteiger partial charge on any atom is -0.479 e. The van der Waals surface area contributed by atoms with Gasteiger partial charge < -0.3 is 25.2 Å². The highest BCUT2D eigenvalue weighted by Gasteiger charge is 2.26. The van der Waals surface area contributed by atoms with Gasteiger partial charge in [0, 0.05) is 20.3 Å². The predicted octanol–water partition coefficient (Wildman–Crippen LogP) is -0.0473. The largest absolute Gasteiger partial charge is 0.479 e. The van der Waals surface area contributed by atoms with Gasteiger partial charge in [-0.25, -0.2) is 9.59 Å². The summed E-state index contributed by atoms with van der Waals surface area (Å²) in [6, 6.07) is -0.291. The van der Waals surface area contributed by atoms with Crippen LogP contribution in [0.1, 0.15) is 19.3 Å². The van der Waals surface area contributed by atoms with E-state index in [-0.39, 0.29) is 24.7 Å². The number of aliphatic carboxylic acids is 1. The fraction of sp³-hybridized carbons (Fsp3) is 0.818. The summed E-state index contributed by atoms with van der Waals surface area (Å²) >= 11 is 0. The SMILES string of the molecule is COC1CCC(NC(=O)NCC(OC)C(=O)O)C1. The van der Waals surface area contributed by atoms with Gasteiger partial charge in [-0.05, 0) is 19.3 Å². The summed E-state index contributed by atoms with van der Waals surface area (Å²) in [6.07, 6.45) is 1.76. The smallest absolute Gasteiger partial charge is 0.334 e. The first-order chi connectivity index (χ1) is 8.56. The average molecular weight is 260 g/mol. The molecule has 104 valence electrons. The summed E-state index contributed by atoms with van der Waals surface area (Å²) in [7, 11) is 2.95. The first-order valence-corrected chi connectivity index (χ1v) is 5.89. The van der Waals surface area contributed by atoms with Crippen LogP contribution in [-0.4, -0.2) is 56.1 Å². The molecule has 1 rings (SSSR count). The molecule has 1 aliphatic rings. The fourth-order valence-corrected chi connectivity index (χ4v) is 1.98. The Kier molecular flexibility index (Phi) is 5.87. The van der Waals surface area contributed by atoms with Gasteiger partial charge in [-0.2, -0.15) is 0 Å². The van der Waals surface area contributed by atoms with E-state index in [0.717, 1.165) is 19.3 Å². The normalized spacial score (nSPS) is 24.6. The van der Waals surface area contributed by atoms with Gasteiger partial charge in [0.05, 0.1) is 12.6 Å². The summed E-state index contributed by atoms with van der Waals surface area (Å²) in [6.45, 7) is -0.0574. The number of rotatable bonds is 6. The zero-order chi connectivity index (χ0) is 13.5. The second-order valence-electron chi connectivity index (χ2n) is 4.28. The zero-order valence-electron chi connectivity index (χ0n) is 10.6. The molecule has 2 amide bonds. The number of nitrogens with one attached hydrogen (secondary N) is 2. The summed E-state index contributed by atoms with van der Waals surface area (Å²) in [5.74, 6) is -1.10. The summed E-state index contributed by atoms with van der Waals surface area (Å²) in [4.78, 5) is 22.2. The van der Waals surface area contributed by atoms with Crippen LogP contribution in [0.15, 0.2) is 0 Å². The van der Waals surface area contributed by atoms with E-state index in [2.05, 4.69) is 10.6 Å². The number of carbonyl (C=O) groups is 2. The summed E-state index contributed by atoms with van der Waals surface area (Å²) in [5.41, 5.74) is 0. The minimum absolute atomic E-state index is 0.0574. The molecule has 3 unspecified atom stereocenters. The molecular weight excluding hydrogens is 240 g/mol. The summed E-state index contributed by atoms with van der Waals surface area (Å²) in [5, 5.41) is 14.0. The summed E-state index contributed by atoms with van der Waals surface area (Å²) < 4.78 is 9.91. The maximum atomic E-state index is 11.5. The van der Waals surface area contributed by atoms with Gasteiger partial charge in [-0.1, -0.05) is 0 Å². The number of hydrogen-bond donors (Lipinski definition) is 3. The van der Waals surface area contributed by atoms with Crippen LogP contribution in [0.3, 0.4) is 0 Å². The molecular formula is C11H20N2O5. The van der Waals surface area contributed by atoms with E-state index in [1.807, 2.05) is 0 Å². The monoisotopic (exact) mass is 260 g/mol. The number of hydrogen-bond acceptors (Lipinski definition) is 4. The van der Waals surface area contributed by atoms with Gasteiger partial charge in [0.15, 0.2) is 6.10 Å². The van der Waals surface area contributed by atoms with Crippen LogP contribution < -0.4 is 10.6 Å². The van der Waals surface area contributed by atoms with E-state index in [1.54, 1.807) is 7.11 Å². The molecule has 1 saturated carbocycles. The topological polar surface area (TPSA) is 96.9 Å². The Balaban J connectivity index is 2.23. The third-order valence-electron chi connectivity index (χ3n) is 3.06. The molecule has 0 spiro atoms. The van der Waals surface area contributed by atoms with Crippen LogP contribution in [0.5, 0.6) is 0 Å². The van der Waals surface area contributed by atoms with Crippen LogP contribution in [0.25, 0.3) is 0 Å². The van der Waals surface area contributed by atoms with Gasteiger partial charge in [-0.3, -0.25) is 0 Å². The van der Waals surface area contributed by atoms with Gasteiger partial charge in [0.1, 0.15) is 0 Å². The molecule has 1 fully saturated rings. The van der Waals surface area contributed by atoms with Gasteiger partial charge in [0.25, 0.3) is 0 Å². The number of ether oxygens (including phenoxy) is 2. The number of carboxylic acid groups (broad SMARTS) is 1. The maximum absolute atomic E-state index is 11.5. The number of urea groups is 1. The molecule has 1 aliphatic carbocycles. The minimum atomic E-state index is -1.10. The van der Waals surface area contributed by atoms with E-state index >= 15 is 0 Å². The van der Waals surface area contributed by atoms with E-state index in [9.17, 15) is 9.59 Å². The lowest BCUT2D eigenvalue weighted by Crippen LogP contribution is -2.45. The highest BCUT2D eigenvalue weighted by molar-refractivity contribution is 5.77. The average Bonchev–Trinajstić information content (AvgIpc) is 2.77. The predicted molar refractivity (Wildman–Crippen MR) is 63.4 cm³/mol. The molecule has 7 nitrogen and oxygen atoms in total. The van der Waals surface area contributed by atoms with Gasteiger partial charge >= 0.3 is 12.0 Å². The first kappa shape index (κ1) is 14.7. The van der Waals surface area contributed by atoms with Gasteiger partial charge in [-0.15, -0.1) is 0 Å². The maximum Gasteiger partial charge on any atom is 0.334 e. The van der Waals surface area contributed by atoms with Crippen molar-refractivity contribution in [3.8, 4) is 0 Å². The molecule has 0 heterocycles. The number of carboxylic acids is 1. The van der Waals surface area contributed by atoms with Crippen molar-refractivity contribution >= 4 is 12.0 Å². The second kappa shape index (κ2) is 7.17. The Bertz CT molecular complexity index is 297. The Labute approximate surface area is 106 Å². The number of amides is 2. The molecule has 3 atom stereocenters. The molecule has 18 heavy (non-hydrogen) atoms. The molecule has 0 bridgehead atoms. The van der Waals surface area contributed by atoms with E-state index < -0.39 is 12.1 Å². The lowest BCUT2D eigenvalue weighted by Gasteiger charge is -2.15. The number of carbonyl (C=O) groups excluding carboxylic acids is 1. The molecule has 0 aliphatic heterocycles. The van der Waals surface area contributed by atoms with Crippen molar-refractivity contribution in [2.45, 2.75) is 37.5 Å². The molecule has 0 radical (unpaired) electrons. The molecule has 0 aromatic carbocycles. The van der Waals surface area contributed by atoms with Crippen LogP contribution in [0, 0.1) is 0 Å². The van der Waals surface area contributed by atoms with Crippen molar-refractivity contribution in [2.75, 3.05) is 20.8 Å². The van der Waals surface area contributed by atoms with Crippen LogP contribution in [0.4, 0.5) is 4.79 Å². The number of methoxy groups -OCH3 is 2. The van der Waals surface area contributed by atoms with Crippen molar-refractivity contribution in [2.24, 2.45) is 0 Å². The quantitative estimate of drug-likeness (QED) is 0.622. The van der Waals surface area contributed by atoms with Crippen molar-refractivity contribution in [1.82, 2.24) is 10.6 Å². The highest BCUT2D eigenvalue weighted by Crippen LogP contribution is 2.21. The van der Waals surface area contributed by atoms with Crippen molar-refractivity contribution in [3.63, 3.8) is 0 Å². The van der Waals surface area contributed by atoms with Crippen LogP contribution >= 0.6 is 0 Å². The van der Waals surface area contributed by atoms with Crippen LogP contribution in [-0.2, 0) is 14.3 Å². The molecule has 0 aromatic heterocycles. The van der Waals surface area contributed by atoms with Crippen molar-refractivity contribution < 1.29 is 24.2 Å². The Morgan fingerprint density at radius 1 is 1.39 bits per heavy atom. The van der Waals surface area contributed by atoms with E-state index in [1.165, 1.54) is 7.11 Å². The van der Waals surface area contributed by atoms with E-state index in [4.69, 9.17) is 14.6 Å². The Morgan fingerprint density at radius 3 is 2.61 bits per heavy atom. The Hall–Kier alpha value is -1.34. The lowest BCUT2D eigenvalue weighted by atomic mass is 10.2. The van der Waals surface area contributed by atoms with Crippen LogP contribution in [0.2, 0.25) is 0 Å². The Morgan fingerprint density at radius 2 is 2.11 bits per heavy atom. The molecule has 3 N–H and O–H groups in total. The van der Waals surface area contributed by atoms with Crippen molar-refractivity contribution in [1.29, 1.82) is 0 Å². The third kappa shape index (κ3) is 4.50. The highest BCUT2D eigenvalue weighted by atomic mass is 16.5. The van der Waals surface area contributed by atoms with Crippen molar-refractivity contribution in [3.05, 3.63) is 0 Å². The van der Waals surface area contributed by atoms with E-state index in [0.29, 0.717) is 0 Å². The zero-order valence-corrected chi connectivity index (χ0v) is 10.6. The fourth-order valence-electron chi connectivity index (χ4n) is 1.98. The molecule has 0 aromatic rings. The first-order valence-electron chi connectivity index (χ1n) is 5.89. The second-order valence-corrected chi connectivity index (χ2v) is 4.28. The molecule has 7 heteroatoms.